The fraction of sp³-hybridized carbons (Fsp3) is 0. The van der Waals surface area contributed by atoms with Gasteiger partial charge < -0.3 is 5.32 Å². The molecule has 0 unspecified atom stereocenters. The summed E-state index contributed by atoms with van der Waals surface area (Å²) < 4.78 is 30.2. The van der Waals surface area contributed by atoms with Crippen molar-refractivity contribution >= 4 is 55.8 Å². The molecule has 0 aliphatic heterocycles. The van der Waals surface area contributed by atoms with Crippen LogP contribution in [0.1, 0.15) is 10.4 Å². The lowest BCUT2D eigenvalue weighted by molar-refractivity contribution is -0.598. The highest BCUT2D eigenvalue weighted by atomic mass is 35.5. The number of nitro groups is 1. The summed E-state index contributed by atoms with van der Waals surface area (Å²) in [6.07, 6.45) is 3.11. The van der Waals surface area contributed by atoms with E-state index in [-0.39, 0.29) is 38.5 Å². The molecular weight excluding hydrogens is 544 g/mol. The third kappa shape index (κ3) is 5.51. The van der Waals surface area contributed by atoms with E-state index < -0.39 is 20.9 Å². The van der Waals surface area contributed by atoms with E-state index in [4.69, 9.17) is 11.6 Å². The molecule has 13 heteroatoms. The second kappa shape index (κ2) is 10.4. The highest BCUT2D eigenvalue weighted by Crippen LogP contribution is 2.24. The number of hydrogen-bond acceptors (Lipinski definition) is 7. The number of nitro benzene ring substituents is 1. The number of para-hydroxylation sites is 2. The van der Waals surface area contributed by atoms with Crippen LogP contribution in [0, 0.1) is 10.1 Å². The highest BCUT2D eigenvalue weighted by Gasteiger charge is 2.25. The van der Waals surface area contributed by atoms with Crippen LogP contribution < -0.4 is 14.6 Å². The summed E-state index contributed by atoms with van der Waals surface area (Å²) in [5.41, 5.74) is 0.910. The number of benzene rings is 3. The van der Waals surface area contributed by atoms with Crippen molar-refractivity contribution in [2.24, 2.45) is 0 Å². The maximum Gasteiger partial charge on any atom is 0.372 e. The number of nitrogens with zero attached hydrogens (tertiary/aromatic N) is 4. The summed E-state index contributed by atoms with van der Waals surface area (Å²) in [5.74, 6) is -0.554. The van der Waals surface area contributed by atoms with Crippen LogP contribution >= 0.6 is 11.6 Å². The average Bonchev–Trinajstić information content (AvgIpc) is 2.93. The molecule has 0 fully saturated rings. The molecule has 3 aromatic carbocycles. The molecule has 0 saturated heterocycles. The number of halogens is 1. The summed E-state index contributed by atoms with van der Waals surface area (Å²) in [6.45, 7) is 0. The van der Waals surface area contributed by atoms with E-state index >= 15 is 0 Å². The number of non-ortho nitro benzene ring substituents is 1. The molecule has 5 aromatic rings. The van der Waals surface area contributed by atoms with Crippen LogP contribution in [0.5, 0.6) is 0 Å². The Labute approximate surface area is 226 Å². The van der Waals surface area contributed by atoms with Crippen LogP contribution in [0.25, 0.3) is 16.9 Å². The quantitative estimate of drug-likeness (QED) is 0.168. The van der Waals surface area contributed by atoms with Crippen molar-refractivity contribution < 1.29 is 22.7 Å². The van der Waals surface area contributed by atoms with Gasteiger partial charge in [0.05, 0.1) is 32.3 Å². The first-order chi connectivity index (χ1) is 18.7. The molecule has 2 N–H and O–H groups in total. The molecule has 0 radical (unpaired) electrons. The zero-order valence-corrected chi connectivity index (χ0v) is 21.4. The zero-order valence-electron chi connectivity index (χ0n) is 19.9. The molecule has 2 heterocycles. The Morgan fingerprint density at radius 3 is 2.33 bits per heavy atom. The number of rotatable bonds is 7. The molecule has 0 spiro atoms. The number of sulfonamides is 1. The number of nitrogens with one attached hydrogen (secondary N) is 2. The second-order valence-corrected chi connectivity index (χ2v) is 10.3. The Bertz CT molecular complexity index is 1850. The van der Waals surface area contributed by atoms with Gasteiger partial charge in [0.2, 0.25) is 11.3 Å². The van der Waals surface area contributed by atoms with Crippen molar-refractivity contribution in [3.8, 4) is 5.82 Å². The Balaban J connectivity index is 1.54. The van der Waals surface area contributed by atoms with Crippen molar-refractivity contribution in [3.05, 3.63) is 118 Å². The highest BCUT2D eigenvalue weighted by molar-refractivity contribution is 7.92. The fourth-order valence-electron chi connectivity index (χ4n) is 3.71. The van der Waals surface area contributed by atoms with Gasteiger partial charge in [-0.2, -0.15) is 4.57 Å². The molecule has 1 amide bonds. The summed E-state index contributed by atoms with van der Waals surface area (Å²) in [4.78, 5) is 32.6. The molecule has 194 valence electrons. The number of carbonyl (C=O) groups is 1. The number of fused-ring (bicyclic) bond motifs is 1. The summed E-state index contributed by atoms with van der Waals surface area (Å²) in [5, 5.41) is 13.8. The summed E-state index contributed by atoms with van der Waals surface area (Å²) in [7, 11) is -4.00. The van der Waals surface area contributed by atoms with Crippen molar-refractivity contribution in [2.45, 2.75) is 4.90 Å². The van der Waals surface area contributed by atoms with Crippen LogP contribution in [-0.4, -0.2) is 29.2 Å². The van der Waals surface area contributed by atoms with Crippen LogP contribution in [0.4, 0.5) is 17.2 Å². The van der Waals surface area contributed by atoms with E-state index in [1.807, 2.05) is 0 Å². The number of pyridine rings is 1. The Morgan fingerprint density at radius 2 is 1.62 bits per heavy atom. The van der Waals surface area contributed by atoms with Gasteiger partial charge in [0.1, 0.15) is 11.7 Å². The van der Waals surface area contributed by atoms with E-state index in [0.717, 1.165) is 6.07 Å². The van der Waals surface area contributed by atoms with Gasteiger partial charge in [-0.3, -0.25) is 19.6 Å². The van der Waals surface area contributed by atoms with Gasteiger partial charge >= 0.3 is 5.82 Å². The Kier molecular flexibility index (Phi) is 6.88. The van der Waals surface area contributed by atoms with Gasteiger partial charge in [-0.15, -0.1) is 0 Å². The third-order valence-electron chi connectivity index (χ3n) is 5.55. The minimum Gasteiger partial charge on any atom is -0.319 e. The lowest BCUT2D eigenvalue weighted by Gasteiger charge is -2.10. The Morgan fingerprint density at radius 1 is 0.923 bits per heavy atom. The van der Waals surface area contributed by atoms with Crippen molar-refractivity contribution in [2.75, 3.05) is 10.0 Å². The molecule has 11 nitrogen and oxygen atoms in total. The van der Waals surface area contributed by atoms with E-state index in [0.29, 0.717) is 11.0 Å². The van der Waals surface area contributed by atoms with Crippen molar-refractivity contribution in [3.63, 3.8) is 0 Å². The molecular formula is C26H18ClN6O5S+. The average molecular weight is 562 g/mol. The van der Waals surface area contributed by atoms with E-state index in [1.54, 1.807) is 60.8 Å². The van der Waals surface area contributed by atoms with Gasteiger partial charge in [0.15, 0.2) is 0 Å². The number of hydrogen-bond donors (Lipinski definition) is 2. The minimum atomic E-state index is -4.00. The maximum absolute atomic E-state index is 13.1. The van der Waals surface area contributed by atoms with E-state index in [2.05, 4.69) is 20.0 Å². The third-order valence-corrected chi connectivity index (χ3v) is 7.23. The largest absolute Gasteiger partial charge is 0.372 e. The van der Waals surface area contributed by atoms with Gasteiger partial charge in [0, 0.05) is 12.1 Å². The predicted molar refractivity (Wildman–Crippen MR) is 144 cm³/mol. The SMILES string of the molecule is O=C(Nc1ccc[n+](-c2nc3ccccc3nc2NS(=O)(=O)c2ccccc2)c1)c1cc([N+](=O)[O-])ccc1Cl. The molecule has 0 saturated carbocycles. The maximum atomic E-state index is 13.1. The Hall–Kier alpha value is -4.94. The van der Waals surface area contributed by atoms with E-state index in [1.165, 1.54) is 35.0 Å². The van der Waals surface area contributed by atoms with Gasteiger partial charge in [0.25, 0.3) is 21.6 Å². The van der Waals surface area contributed by atoms with Gasteiger partial charge in [-0.25, -0.2) is 13.4 Å². The molecule has 0 aliphatic carbocycles. The monoisotopic (exact) mass is 561 g/mol. The lowest BCUT2D eigenvalue weighted by atomic mass is 10.2. The molecule has 2 aromatic heterocycles. The predicted octanol–water partition coefficient (Wildman–Crippen LogP) is 4.52. The minimum absolute atomic E-state index is 0.0345. The molecule has 5 rings (SSSR count). The normalized spacial score (nSPS) is 11.2. The molecule has 0 bridgehead atoms. The number of amides is 1. The van der Waals surface area contributed by atoms with Crippen LogP contribution in [0.3, 0.4) is 0 Å². The van der Waals surface area contributed by atoms with E-state index in [9.17, 15) is 23.3 Å². The number of anilines is 2. The van der Waals surface area contributed by atoms with Crippen LogP contribution in [-0.2, 0) is 10.0 Å². The fourth-order valence-corrected chi connectivity index (χ4v) is 4.93. The standard InChI is InChI=1S/C26H17ClN6O5S/c27-21-13-12-18(33(35)36)15-20(21)26(34)28-17-7-6-14-32(16-17)25-24(29-22-10-4-5-11-23(22)30-25)31-39(37,38)19-8-2-1-3-9-19/h1-16H,(H-,28,29,31,34)/p+1. The first kappa shape index (κ1) is 25.7. The first-order valence-corrected chi connectivity index (χ1v) is 13.2. The first-order valence-electron chi connectivity index (χ1n) is 11.3. The molecule has 39 heavy (non-hydrogen) atoms. The molecule has 0 aliphatic rings. The van der Waals surface area contributed by atoms with Crippen molar-refractivity contribution in [1.29, 1.82) is 0 Å². The molecule has 0 atom stereocenters. The number of carbonyl (C=O) groups excluding carboxylic acids is 1. The zero-order chi connectivity index (χ0) is 27.6. The smallest absolute Gasteiger partial charge is 0.319 e. The summed E-state index contributed by atoms with van der Waals surface area (Å²) in [6, 6.07) is 21.6. The van der Waals surface area contributed by atoms with Gasteiger partial charge in [-0.05, 0) is 47.4 Å². The van der Waals surface area contributed by atoms with Crippen molar-refractivity contribution in [1.82, 2.24) is 9.97 Å². The van der Waals surface area contributed by atoms with Crippen LogP contribution in [0.15, 0.2) is 102 Å². The number of aromatic nitrogens is 3. The lowest BCUT2D eigenvalue weighted by Crippen LogP contribution is -2.34. The van der Waals surface area contributed by atoms with Crippen LogP contribution in [0.2, 0.25) is 5.02 Å². The second-order valence-electron chi connectivity index (χ2n) is 8.18. The summed E-state index contributed by atoms with van der Waals surface area (Å²) >= 11 is 6.11. The topological polar surface area (TPSA) is 148 Å². The van der Waals surface area contributed by atoms with Gasteiger partial charge in [-0.1, -0.05) is 41.9 Å².